The van der Waals surface area contributed by atoms with Gasteiger partial charge in [0.25, 0.3) is 11.5 Å². The van der Waals surface area contributed by atoms with Crippen molar-refractivity contribution >= 4 is 28.4 Å². The maximum atomic E-state index is 13.7. The Morgan fingerprint density at radius 3 is 2.48 bits per heavy atom. The Morgan fingerprint density at radius 2 is 1.82 bits per heavy atom. The van der Waals surface area contributed by atoms with Crippen LogP contribution in [-0.4, -0.2) is 27.4 Å². The number of fused-ring (bicyclic) bond motifs is 1. The molecule has 0 bridgehead atoms. The molecule has 0 aliphatic heterocycles. The highest BCUT2D eigenvalue weighted by atomic mass is 35.5. The first kappa shape index (κ1) is 22.7. The second-order valence-electron chi connectivity index (χ2n) is 7.91. The van der Waals surface area contributed by atoms with Crippen molar-refractivity contribution in [3.05, 3.63) is 105 Å². The van der Waals surface area contributed by atoms with Gasteiger partial charge in [-0.05, 0) is 73.5 Å². The summed E-state index contributed by atoms with van der Waals surface area (Å²) in [5, 5.41) is 1.05. The Bertz CT molecular complexity index is 1400. The fraction of sp³-hybridized carbons (Fsp3) is 0.192. The summed E-state index contributed by atoms with van der Waals surface area (Å²) in [6.45, 7) is 3.81. The van der Waals surface area contributed by atoms with E-state index in [4.69, 9.17) is 16.6 Å². The van der Waals surface area contributed by atoms with E-state index in [1.54, 1.807) is 52.9 Å². The SMILES string of the molecule is CCC(c1nc2ccccc2c(=O)n1-c1ccc(Cl)cc1C)N(C)C(=O)c1ccc(F)cc1. The lowest BCUT2D eigenvalue weighted by Gasteiger charge is -2.29. The van der Waals surface area contributed by atoms with Crippen LogP contribution in [0.25, 0.3) is 16.6 Å². The van der Waals surface area contributed by atoms with Gasteiger partial charge in [0.2, 0.25) is 0 Å². The second kappa shape index (κ2) is 9.16. The number of para-hydroxylation sites is 1. The molecule has 5 nitrogen and oxygen atoms in total. The van der Waals surface area contributed by atoms with Gasteiger partial charge in [0.1, 0.15) is 11.6 Å². The van der Waals surface area contributed by atoms with Gasteiger partial charge in [0.05, 0.1) is 22.6 Å². The largest absolute Gasteiger partial charge is 0.332 e. The maximum absolute atomic E-state index is 13.7. The molecule has 4 aromatic rings. The summed E-state index contributed by atoms with van der Waals surface area (Å²) in [6.07, 6.45) is 0.515. The van der Waals surface area contributed by atoms with E-state index in [-0.39, 0.29) is 11.5 Å². The third-order valence-corrected chi connectivity index (χ3v) is 6.00. The molecule has 1 aromatic heterocycles. The summed E-state index contributed by atoms with van der Waals surface area (Å²) in [5.74, 6) is -0.252. The molecule has 1 heterocycles. The van der Waals surface area contributed by atoms with Crippen molar-refractivity contribution in [3.63, 3.8) is 0 Å². The molecule has 0 saturated heterocycles. The summed E-state index contributed by atoms with van der Waals surface area (Å²) in [6, 6.07) is 17.3. The number of benzene rings is 3. The first-order valence-corrected chi connectivity index (χ1v) is 11.0. The summed E-state index contributed by atoms with van der Waals surface area (Å²) >= 11 is 6.16. The highest BCUT2D eigenvalue weighted by molar-refractivity contribution is 6.30. The standard InChI is InChI=1S/C26H23ClFN3O2/c1-4-22(30(3)25(32)17-9-12-19(28)13-10-17)24-29-21-8-6-5-7-20(21)26(33)31(24)23-14-11-18(27)15-16(23)2/h5-15,22H,4H2,1-3H3. The summed E-state index contributed by atoms with van der Waals surface area (Å²) < 4.78 is 14.9. The van der Waals surface area contributed by atoms with Gasteiger partial charge in [-0.2, -0.15) is 0 Å². The minimum Gasteiger partial charge on any atom is -0.332 e. The van der Waals surface area contributed by atoms with E-state index in [1.807, 2.05) is 19.9 Å². The Labute approximate surface area is 196 Å². The average molecular weight is 464 g/mol. The molecule has 0 spiro atoms. The molecular weight excluding hydrogens is 441 g/mol. The van der Waals surface area contributed by atoms with Crippen LogP contribution in [0, 0.1) is 12.7 Å². The normalized spacial score (nSPS) is 12.0. The number of aryl methyl sites for hydroxylation is 1. The van der Waals surface area contributed by atoms with E-state index in [2.05, 4.69) is 0 Å². The number of amides is 1. The van der Waals surface area contributed by atoms with Crippen LogP contribution in [0.3, 0.4) is 0 Å². The van der Waals surface area contributed by atoms with Crippen molar-refractivity contribution < 1.29 is 9.18 Å². The van der Waals surface area contributed by atoms with Crippen LogP contribution in [0.2, 0.25) is 5.02 Å². The molecule has 3 aromatic carbocycles. The highest BCUT2D eigenvalue weighted by Crippen LogP contribution is 2.28. The fourth-order valence-electron chi connectivity index (χ4n) is 4.04. The smallest absolute Gasteiger partial charge is 0.266 e. The zero-order chi connectivity index (χ0) is 23.7. The van der Waals surface area contributed by atoms with Crippen LogP contribution in [0.15, 0.2) is 71.5 Å². The third-order valence-electron chi connectivity index (χ3n) is 5.77. The van der Waals surface area contributed by atoms with E-state index < -0.39 is 11.9 Å². The van der Waals surface area contributed by atoms with Crippen LogP contribution in [0.5, 0.6) is 0 Å². The Hall–Kier alpha value is -3.51. The number of halogens is 2. The third kappa shape index (κ3) is 4.26. The zero-order valence-corrected chi connectivity index (χ0v) is 19.3. The lowest BCUT2D eigenvalue weighted by molar-refractivity contribution is 0.0717. The number of rotatable bonds is 5. The van der Waals surface area contributed by atoms with Crippen molar-refractivity contribution in [1.29, 1.82) is 0 Å². The topological polar surface area (TPSA) is 55.2 Å². The molecule has 1 unspecified atom stereocenters. The van der Waals surface area contributed by atoms with Crippen LogP contribution >= 0.6 is 11.6 Å². The Kier molecular flexibility index (Phi) is 6.29. The Morgan fingerprint density at radius 1 is 1.12 bits per heavy atom. The molecule has 0 aliphatic carbocycles. The van der Waals surface area contributed by atoms with Crippen molar-refractivity contribution in [2.75, 3.05) is 7.05 Å². The molecule has 4 rings (SSSR count). The lowest BCUT2D eigenvalue weighted by Crippen LogP contribution is -2.36. The number of hydrogen-bond donors (Lipinski definition) is 0. The molecule has 7 heteroatoms. The first-order valence-electron chi connectivity index (χ1n) is 10.6. The van der Waals surface area contributed by atoms with Crippen molar-refractivity contribution in [2.45, 2.75) is 26.3 Å². The van der Waals surface area contributed by atoms with Crippen molar-refractivity contribution in [2.24, 2.45) is 0 Å². The quantitative estimate of drug-likeness (QED) is 0.381. The van der Waals surface area contributed by atoms with Gasteiger partial charge in [-0.3, -0.25) is 14.2 Å². The highest BCUT2D eigenvalue weighted by Gasteiger charge is 2.27. The molecule has 0 aliphatic rings. The first-order chi connectivity index (χ1) is 15.8. The molecule has 33 heavy (non-hydrogen) atoms. The van der Waals surface area contributed by atoms with Crippen LogP contribution < -0.4 is 5.56 Å². The zero-order valence-electron chi connectivity index (χ0n) is 18.5. The molecule has 168 valence electrons. The fourth-order valence-corrected chi connectivity index (χ4v) is 4.27. The minimum absolute atomic E-state index is 0.220. The van der Waals surface area contributed by atoms with E-state index in [0.717, 1.165) is 5.56 Å². The number of aromatic nitrogens is 2. The minimum atomic E-state index is -0.505. The molecular formula is C26H23ClFN3O2. The van der Waals surface area contributed by atoms with Gasteiger partial charge in [-0.25, -0.2) is 9.37 Å². The number of carbonyl (C=O) groups is 1. The van der Waals surface area contributed by atoms with Crippen LogP contribution in [-0.2, 0) is 0 Å². The number of hydrogen-bond acceptors (Lipinski definition) is 3. The predicted octanol–water partition coefficient (Wildman–Crippen LogP) is 5.71. The average Bonchev–Trinajstić information content (AvgIpc) is 2.80. The molecule has 0 saturated carbocycles. The van der Waals surface area contributed by atoms with Gasteiger partial charge in [0, 0.05) is 17.6 Å². The van der Waals surface area contributed by atoms with Crippen LogP contribution in [0.1, 0.15) is 41.1 Å². The van der Waals surface area contributed by atoms with E-state index in [1.165, 1.54) is 24.3 Å². The summed E-state index contributed by atoms with van der Waals surface area (Å²) in [7, 11) is 1.67. The van der Waals surface area contributed by atoms with Gasteiger partial charge >= 0.3 is 0 Å². The molecule has 0 N–H and O–H groups in total. The molecule has 1 atom stereocenters. The van der Waals surface area contributed by atoms with Gasteiger partial charge in [-0.15, -0.1) is 0 Å². The van der Waals surface area contributed by atoms with Crippen LogP contribution in [0.4, 0.5) is 4.39 Å². The Balaban J connectivity index is 1.93. The monoisotopic (exact) mass is 463 g/mol. The lowest BCUT2D eigenvalue weighted by atomic mass is 10.1. The number of carbonyl (C=O) groups excluding carboxylic acids is 1. The van der Waals surface area contributed by atoms with Gasteiger partial charge < -0.3 is 4.90 Å². The van der Waals surface area contributed by atoms with E-state index in [0.29, 0.717) is 39.4 Å². The molecule has 0 radical (unpaired) electrons. The van der Waals surface area contributed by atoms with E-state index >= 15 is 0 Å². The predicted molar refractivity (Wildman–Crippen MR) is 129 cm³/mol. The van der Waals surface area contributed by atoms with Gasteiger partial charge in [-0.1, -0.05) is 30.7 Å². The van der Waals surface area contributed by atoms with E-state index in [9.17, 15) is 14.0 Å². The van der Waals surface area contributed by atoms with Crippen molar-refractivity contribution in [1.82, 2.24) is 14.5 Å². The number of nitrogens with zero attached hydrogens (tertiary/aromatic N) is 3. The summed E-state index contributed by atoms with van der Waals surface area (Å²) in [5.41, 5.74) is 2.15. The molecule has 0 fully saturated rings. The van der Waals surface area contributed by atoms with Gasteiger partial charge in [0.15, 0.2) is 0 Å². The van der Waals surface area contributed by atoms with Crippen molar-refractivity contribution in [3.8, 4) is 5.69 Å². The molecule has 1 amide bonds. The maximum Gasteiger partial charge on any atom is 0.266 e. The second-order valence-corrected chi connectivity index (χ2v) is 8.34. The summed E-state index contributed by atoms with van der Waals surface area (Å²) in [4.78, 5) is 33.2.